The molecule has 20 nitrogen and oxygen atoms in total. The minimum absolute atomic E-state index is 0. The van der Waals surface area contributed by atoms with E-state index >= 15 is 0 Å². The van der Waals surface area contributed by atoms with Crippen LogP contribution in [0.5, 0.6) is 17.2 Å². The Morgan fingerprint density at radius 3 is 1.17 bits per heavy atom. The van der Waals surface area contributed by atoms with Gasteiger partial charge in [-0.05, 0) is 118 Å². The Bertz CT molecular complexity index is 2860. The monoisotopic (exact) mass is 953 g/mol. The Morgan fingerprint density at radius 1 is 0.500 bits per heavy atom. The molecule has 6 aromatic carbocycles. The molecule has 332 valence electrons. The van der Waals surface area contributed by atoms with Crippen LogP contribution in [0.25, 0.3) is 10.8 Å². The predicted molar refractivity (Wildman–Crippen MR) is 239 cm³/mol. The zero-order valence-electron chi connectivity index (χ0n) is 36.7. The Kier molecular flexibility index (Phi) is 18.4. The van der Waals surface area contributed by atoms with Crippen molar-refractivity contribution in [1.29, 1.82) is 0 Å². The molecule has 0 amide bonds. The number of fused-ring (bicyclic) bond motifs is 1. The minimum atomic E-state index is -5.41. The molecule has 0 aromatic heterocycles. The van der Waals surface area contributed by atoms with Gasteiger partial charge in [0.1, 0.15) is 54.5 Å². The third kappa shape index (κ3) is 12.5. The van der Waals surface area contributed by atoms with E-state index in [1.54, 1.807) is 24.3 Å². The van der Waals surface area contributed by atoms with Gasteiger partial charge >= 0.3 is 59.1 Å². The van der Waals surface area contributed by atoms with E-state index in [1.807, 2.05) is 39.8 Å². The molecule has 5 N–H and O–H groups in total. The van der Waals surface area contributed by atoms with Crippen molar-refractivity contribution in [3.05, 3.63) is 97.1 Å². The molecule has 0 fully saturated rings. The van der Waals surface area contributed by atoms with Crippen molar-refractivity contribution in [3.8, 4) is 17.2 Å². The van der Waals surface area contributed by atoms with Crippen molar-refractivity contribution < 1.29 is 100 Å². The number of benzene rings is 6. The average Bonchev–Trinajstić information content (AvgIpc) is 3.26. The Labute approximate surface area is 424 Å². The first kappa shape index (κ1) is 53.2. The molecule has 0 radical (unpaired) electrons. The maximum atomic E-state index is 12.4. The molecule has 0 aliphatic carbocycles. The zero-order chi connectivity index (χ0) is 46.3. The molecule has 0 spiro atoms. The molecule has 0 saturated carbocycles. The van der Waals surface area contributed by atoms with E-state index in [2.05, 4.69) is 50.7 Å². The summed E-state index contributed by atoms with van der Waals surface area (Å²) in [5, 5.41) is 63.7. The fourth-order valence-electron chi connectivity index (χ4n) is 6.47. The molecule has 0 unspecified atom stereocenters. The molecule has 6 aromatic rings. The first-order valence-electron chi connectivity index (χ1n) is 19.5. The summed E-state index contributed by atoms with van der Waals surface area (Å²) in [7, 11) is -10.8. The van der Waals surface area contributed by atoms with E-state index in [0.717, 1.165) is 37.6 Å². The van der Waals surface area contributed by atoms with Gasteiger partial charge in [0.25, 0.3) is 0 Å². The van der Waals surface area contributed by atoms with Crippen molar-refractivity contribution in [2.75, 3.05) is 41.7 Å². The molecule has 0 aliphatic rings. The molecule has 0 bridgehead atoms. The predicted octanol–water partition coefficient (Wildman–Crippen LogP) is 4.71. The van der Waals surface area contributed by atoms with Gasteiger partial charge in [0.05, 0.1) is 43.6 Å². The number of phenolic OH excluding ortho intramolecular Hbond substituents is 3. The van der Waals surface area contributed by atoms with Crippen LogP contribution in [-0.4, -0.2) is 67.4 Å². The van der Waals surface area contributed by atoms with Gasteiger partial charge in [0.15, 0.2) is 5.75 Å². The number of nitrogen functional groups attached to an aromatic ring is 1. The standard InChI is InChI=1S/C42H43N11O9S2.2Na/c1-5-52(6-2)30-17-19-32(34(54)23-30)48-44-26-9-13-28(14-10-26)46-50-40-36(63(57,58)59)21-25-22-37(64(60,61)62)41(42(56)38(25)39(40)43)51-47-29-15-11-27(12-16-29)45-49-33-20-18-31(24-35(33)55)53(7-3)8-4;;/h9-24,54-56H,5-8,43H2,1-4H3,(H,57,58,59)(H,60,61,62);;/q;2*+1/p-2. The number of rotatable bonds is 16. The molecule has 24 heteroatoms. The number of nitrogens with zero attached hydrogens (tertiary/aromatic N) is 10. The molecule has 0 aliphatic heterocycles. The smallest absolute Gasteiger partial charge is 0.744 e. The summed E-state index contributed by atoms with van der Waals surface area (Å²) < 4.78 is 74.6. The topological polar surface area (TPSA) is 306 Å². The van der Waals surface area contributed by atoms with E-state index in [9.17, 15) is 41.3 Å². The fourth-order valence-corrected chi connectivity index (χ4v) is 7.77. The Balaban J connectivity index is 0.00000476. The fraction of sp³-hybridized carbons (Fsp3) is 0.190. The van der Waals surface area contributed by atoms with E-state index in [0.29, 0.717) is 23.5 Å². The van der Waals surface area contributed by atoms with Gasteiger partial charge in [-0.3, -0.25) is 0 Å². The maximum Gasteiger partial charge on any atom is 1.00 e. The number of hydrogen-bond acceptors (Lipinski definition) is 20. The molecule has 0 heterocycles. The molecular weight excluding hydrogens is 913 g/mol. The number of hydrogen-bond donors (Lipinski definition) is 4. The third-order valence-corrected chi connectivity index (χ3v) is 11.5. The van der Waals surface area contributed by atoms with Crippen molar-refractivity contribution in [3.63, 3.8) is 0 Å². The minimum Gasteiger partial charge on any atom is -0.744 e. The van der Waals surface area contributed by atoms with Crippen LogP contribution in [0.15, 0.2) is 148 Å². The Hall–Kier alpha value is -5.40. The maximum absolute atomic E-state index is 12.4. The number of aromatic hydroxyl groups is 3. The van der Waals surface area contributed by atoms with E-state index in [-0.39, 0.29) is 93.4 Å². The second-order valence-corrected chi connectivity index (χ2v) is 16.4. The number of anilines is 3. The van der Waals surface area contributed by atoms with E-state index in [4.69, 9.17) is 5.73 Å². The third-order valence-electron chi connectivity index (χ3n) is 9.80. The van der Waals surface area contributed by atoms with Gasteiger partial charge in [0.2, 0.25) is 0 Å². The van der Waals surface area contributed by atoms with Gasteiger partial charge in [0, 0.05) is 49.7 Å². The molecule has 0 atom stereocenters. The molecular formula is C42H41N11Na2O9S2. The first-order valence-corrected chi connectivity index (χ1v) is 22.3. The molecule has 0 saturated heterocycles. The molecule has 6 rings (SSSR count). The van der Waals surface area contributed by atoms with Crippen molar-refractivity contribution in [1.82, 2.24) is 0 Å². The summed E-state index contributed by atoms with van der Waals surface area (Å²) in [5.74, 6) is -1.12. The summed E-state index contributed by atoms with van der Waals surface area (Å²) in [6.45, 7) is 11.0. The second-order valence-electron chi connectivity index (χ2n) is 13.7. The van der Waals surface area contributed by atoms with Crippen molar-refractivity contribution in [2.45, 2.75) is 37.5 Å². The normalized spacial score (nSPS) is 12.0. The van der Waals surface area contributed by atoms with Crippen molar-refractivity contribution >= 4 is 93.6 Å². The van der Waals surface area contributed by atoms with Crippen LogP contribution in [0.4, 0.5) is 62.6 Å². The van der Waals surface area contributed by atoms with Gasteiger partial charge < -0.3 is 40.0 Å². The van der Waals surface area contributed by atoms with Gasteiger partial charge in [-0.1, -0.05) is 0 Å². The van der Waals surface area contributed by atoms with Crippen LogP contribution in [0.1, 0.15) is 27.7 Å². The zero-order valence-corrected chi connectivity index (χ0v) is 42.4. The van der Waals surface area contributed by atoms with Crippen LogP contribution in [0.2, 0.25) is 0 Å². The van der Waals surface area contributed by atoms with Gasteiger partial charge in [-0.25, -0.2) is 16.8 Å². The number of phenols is 3. The van der Waals surface area contributed by atoms with Crippen LogP contribution < -0.4 is 74.6 Å². The quantitative estimate of drug-likeness (QED) is 0.0444. The summed E-state index contributed by atoms with van der Waals surface area (Å²) in [6.07, 6.45) is 0. The number of azo groups is 4. The summed E-state index contributed by atoms with van der Waals surface area (Å²) in [4.78, 5) is 2.00. The SMILES string of the molecule is CCN(CC)c1ccc(N=Nc2ccc(N=Nc3c(S(=O)(=O)[O-])cc4cc(S(=O)(=O)[O-])c(N=Nc5ccc(N=Nc6ccc(N(CC)CC)cc6O)cc5)c(O)c4c3N)cc2)c(O)c1.[Na+].[Na+]. The van der Waals surface area contributed by atoms with Crippen LogP contribution >= 0.6 is 0 Å². The summed E-state index contributed by atoms with van der Waals surface area (Å²) >= 11 is 0. The van der Waals surface area contributed by atoms with E-state index < -0.39 is 63.6 Å². The van der Waals surface area contributed by atoms with E-state index in [1.165, 1.54) is 48.5 Å². The van der Waals surface area contributed by atoms with Gasteiger partial charge in [-0.15, -0.1) is 20.5 Å². The van der Waals surface area contributed by atoms with Gasteiger partial charge in [-0.2, -0.15) is 20.5 Å². The van der Waals surface area contributed by atoms with Crippen LogP contribution in [-0.2, 0) is 20.2 Å². The number of nitrogens with two attached hydrogens (primary N) is 1. The van der Waals surface area contributed by atoms with Crippen LogP contribution in [0.3, 0.4) is 0 Å². The average molecular weight is 954 g/mol. The van der Waals surface area contributed by atoms with Crippen LogP contribution in [0, 0.1) is 0 Å². The summed E-state index contributed by atoms with van der Waals surface area (Å²) in [5.41, 5.74) is 7.24. The second kappa shape index (κ2) is 22.9. The first-order chi connectivity index (χ1) is 30.4. The summed E-state index contributed by atoms with van der Waals surface area (Å²) in [6, 6.07) is 23.2. The molecule has 66 heavy (non-hydrogen) atoms. The van der Waals surface area contributed by atoms with Crippen molar-refractivity contribution in [2.24, 2.45) is 40.9 Å². The largest absolute Gasteiger partial charge is 1.00 e. The Morgan fingerprint density at radius 2 is 0.833 bits per heavy atom.